The molecule has 7 nitrogen and oxygen atoms in total. The molecule has 2 heterocycles. The van der Waals surface area contributed by atoms with Crippen molar-refractivity contribution in [3.63, 3.8) is 0 Å². The molecule has 174 valence electrons. The van der Waals surface area contributed by atoms with E-state index in [1.54, 1.807) is 43.5 Å². The van der Waals surface area contributed by atoms with Crippen LogP contribution in [0.2, 0.25) is 0 Å². The number of rotatable bonds is 5. The summed E-state index contributed by atoms with van der Waals surface area (Å²) in [6.07, 6.45) is -1.37. The van der Waals surface area contributed by atoms with E-state index in [9.17, 15) is 14.7 Å². The molecule has 8 heteroatoms. The highest BCUT2D eigenvalue weighted by molar-refractivity contribution is 7.17. The summed E-state index contributed by atoms with van der Waals surface area (Å²) < 4.78 is 10.3. The summed E-state index contributed by atoms with van der Waals surface area (Å²) in [5.74, 6) is 0.736. The first-order valence-corrected chi connectivity index (χ1v) is 11.5. The van der Waals surface area contributed by atoms with Crippen LogP contribution >= 0.6 is 11.3 Å². The van der Waals surface area contributed by atoms with E-state index in [2.05, 4.69) is 9.72 Å². The largest absolute Gasteiger partial charge is 0.511 e. The van der Waals surface area contributed by atoms with Crippen LogP contribution in [0.4, 0.5) is 4.79 Å². The highest BCUT2D eigenvalue weighted by Gasteiger charge is 2.20. The van der Waals surface area contributed by atoms with Gasteiger partial charge < -0.3 is 24.7 Å². The van der Waals surface area contributed by atoms with Gasteiger partial charge in [-0.2, -0.15) is 0 Å². The number of methoxy groups -OCH3 is 1. The Bertz CT molecular complexity index is 1600. The topological polar surface area (TPSA) is 109 Å². The Balaban J connectivity index is 1.61. The molecule has 0 amide bonds. The lowest BCUT2D eigenvalue weighted by Crippen LogP contribution is -2.08. The standard InChI is InChI=1S/C27H19NO6S/c1-33-21-13-17(15-7-10-18(11-8-15)34-27(31)32)9-12-19(21)20-14-35-26-23(20)24(29)22(25(30)28-26)16-5-3-2-4-6-16/h2-14H,1H3,(H,31,32)(H2,28,29,30). The van der Waals surface area contributed by atoms with E-state index in [1.807, 2.05) is 41.8 Å². The van der Waals surface area contributed by atoms with E-state index < -0.39 is 6.16 Å². The smallest absolute Gasteiger partial charge is 0.506 e. The number of fused-ring (bicyclic) bond motifs is 1. The van der Waals surface area contributed by atoms with Gasteiger partial charge in [0.25, 0.3) is 5.56 Å². The molecule has 0 fully saturated rings. The third kappa shape index (κ3) is 4.11. The van der Waals surface area contributed by atoms with Crippen molar-refractivity contribution in [1.82, 2.24) is 4.98 Å². The van der Waals surface area contributed by atoms with E-state index in [0.29, 0.717) is 21.5 Å². The monoisotopic (exact) mass is 485 g/mol. The summed E-state index contributed by atoms with van der Waals surface area (Å²) in [6.45, 7) is 0. The number of aromatic amines is 1. The van der Waals surface area contributed by atoms with Gasteiger partial charge in [-0.1, -0.05) is 48.5 Å². The van der Waals surface area contributed by atoms with Crippen LogP contribution in [0.1, 0.15) is 0 Å². The lowest BCUT2D eigenvalue weighted by atomic mass is 9.97. The van der Waals surface area contributed by atoms with Crippen molar-refractivity contribution in [2.75, 3.05) is 7.11 Å². The van der Waals surface area contributed by atoms with Crippen molar-refractivity contribution in [2.45, 2.75) is 0 Å². The van der Waals surface area contributed by atoms with E-state index in [4.69, 9.17) is 9.84 Å². The third-order valence-electron chi connectivity index (χ3n) is 5.67. The fraction of sp³-hybridized carbons (Fsp3) is 0.0370. The van der Waals surface area contributed by atoms with Gasteiger partial charge in [0, 0.05) is 16.5 Å². The fourth-order valence-corrected chi connectivity index (χ4v) is 5.02. The number of pyridine rings is 1. The van der Waals surface area contributed by atoms with Gasteiger partial charge in [-0.25, -0.2) is 4.79 Å². The average Bonchev–Trinajstić information content (AvgIpc) is 3.28. The fourth-order valence-electron chi connectivity index (χ4n) is 4.06. The Hall–Kier alpha value is -4.56. The van der Waals surface area contributed by atoms with E-state index in [0.717, 1.165) is 22.3 Å². The summed E-state index contributed by atoms with van der Waals surface area (Å²) >= 11 is 1.33. The molecule has 3 N–H and O–H groups in total. The summed E-state index contributed by atoms with van der Waals surface area (Å²) in [6, 6.07) is 21.4. The molecule has 0 atom stereocenters. The Kier molecular flexibility index (Phi) is 5.72. The second-order valence-corrected chi connectivity index (χ2v) is 8.58. The maximum absolute atomic E-state index is 12.7. The molecule has 2 aromatic heterocycles. The third-order valence-corrected chi connectivity index (χ3v) is 6.56. The highest BCUT2D eigenvalue weighted by Crippen LogP contribution is 2.45. The number of aromatic nitrogens is 1. The normalized spacial score (nSPS) is 10.9. The molecule has 0 radical (unpaired) electrons. The van der Waals surface area contributed by atoms with Gasteiger partial charge in [0.1, 0.15) is 22.1 Å². The van der Waals surface area contributed by atoms with Gasteiger partial charge in [-0.3, -0.25) is 4.79 Å². The second-order valence-electron chi connectivity index (χ2n) is 7.70. The number of nitrogens with one attached hydrogen (secondary N) is 1. The first-order chi connectivity index (χ1) is 17.0. The van der Waals surface area contributed by atoms with Crippen molar-refractivity contribution in [3.05, 3.63) is 88.5 Å². The maximum Gasteiger partial charge on any atom is 0.511 e. The zero-order valence-corrected chi connectivity index (χ0v) is 19.3. The van der Waals surface area contributed by atoms with Crippen molar-refractivity contribution in [3.8, 4) is 50.6 Å². The molecule has 35 heavy (non-hydrogen) atoms. The molecule has 0 unspecified atom stereocenters. The van der Waals surface area contributed by atoms with Gasteiger partial charge in [0.15, 0.2) is 0 Å². The minimum absolute atomic E-state index is 0.0775. The quantitative estimate of drug-likeness (QED) is 0.197. The van der Waals surface area contributed by atoms with Gasteiger partial charge in [0.05, 0.1) is 18.1 Å². The molecule has 0 aliphatic rings. The van der Waals surface area contributed by atoms with Crippen molar-refractivity contribution >= 4 is 27.7 Å². The van der Waals surface area contributed by atoms with Crippen molar-refractivity contribution < 1.29 is 24.5 Å². The number of hydrogen-bond donors (Lipinski definition) is 3. The lowest BCUT2D eigenvalue weighted by molar-refractivity contribution is 0.144. The first kappa shape index (κ1) is 22.2. The molecule has 0 aliphatic heterocycles. The van der Waals surface area contributed by atoms with Crippen molar-refractivity contribution in [2.24, 2.45) is 0 Å². The molecule has 0 bridgehead atoms. The maximum atomic E-state index is 12.7. The predicted molar refractivity (Wildman–Crippen MR) is 136 cm³/mol. The zero-order valence-electron chi connectivity index (χ0n) is 18.4. The van der Waals surface area contributed by atoms with E-state index >= 15 is 0 Å². The van der Waals surface area contributed by atoms with Crippen LogP contribution in [-0.4, -0.2) is 28.5 Å². The molecular weight excluding hydrogens is 466 g/mol. The number of benzene rings is 3. The van der Waals surface area contributed by atoms with Crippen LogP contribution in [0.5, 0.6) is 17.2 Å². The van der Waals surface area contributed by atoms with Gasteiger partial charge in [0.2, 0.25) is 0 Å². The molecule has 5 rings (SSSR count). The van der Waals surface area contributed by atoms with Gasteiger partial charge >= 0.3 is 6.16 Å². The number of thiophene rings is 1. The van der Waals surface area contributed by atoms with Crippen molar-refractivity contribution in [1.29, 1.82) is 0 Å². The number of carboxylic acid groups (broad SMARTS) is 1. The van der Waals surface area contributed by atoms with E-state index in [-0.39, 0.29) is 22.6 Å². The number of hydrogen-bond acceptors (Lipinski definition) is 6. The lowest BCUT2D eigenvalue weighted by Gasteiger charge is -2.12. The molecule has 5 aromatic rings. The Morgan fingerprint density at radius 1 is 0.914 bits per heavy atom. The van der Waals surface area contributed by atoms with Crippen LogP contribution in [-0.2, 0) is 0 Å². The number of carbonyl (C=O) groups is 1. The SMILES string of the molecule is COc1cc(-c2ccc(OC(=O)O)cc2)ccc1-c1csc2[nH]c(=O)c(-c3ccccc3)c(O)c12. The molecule has 0 saturated heterocycles. The number of aromatic hydroxyl groups is 1. The summed E-state index contributed by atoms with van der Waals surface area (Å²) in [5, 5.41) is 22.4. The summed E-state index contributed by atoms with van der Waals surface area (Å²) in [4.78, 5) is 26.9. The van der Waals surface area contributed by atoms with Crippen LogP contribution in [0.15, 0.2) is 83.0 Å². The van der Waals surface area contributed by atoms with Gasteiger partial charge in [-0.15, -0.1) is 11.3 Å². The summed E-state index contributed by atoms with van der Waals surface area (Å²) in [5.41, 5.74) is 3.70. The average molecular weight is 486 g/mol. The van der Waals surface area contributed by atoms with Crippen LogP contribution in [0, 0.1) is 0 Å². The van der Waals surface area contributed by atoms with Crippen LogP contribution < -0.4 is 15.0 Å². The Morgan fingerprint density at radius 2 is 1.63 bits per heavy atom. The number of H-pyrrole nitrogens is 1. The van der Waals surface area contributed by atoms with Crippen LogP contribution in [0.3, 0.4) is 0 Å². The Morgan fingerprint density at radius 3 is 2.31 bits per heavy atom. The van der Waals surface area contributed by atoms with E-state index in [1.165, 1.54) is 11.3 Å². The van der Waals surface area contributed by atoms with Gasteiger partial charge in [-0.05, 0) is 41.0 Å². The second kappa shape index (κ2) is 9.00. The first-order valence-electron chi connectivity index (χ1n) is 10.6. The van der Waals surface area contributed by atoms with Crippen LogP contribution in [0.25, 0.3) is 43.6 Å². The molecule has 3 aromatic carbocycles. The molecular formula is C27H19NO6S. The molecule has 0 spiro atoms. The number of ether oxygens (including phenoxy) is 2. The molecule has 0 aliphatic carbocycles. The minimum Gasteiger partial charge on any atom is -0.506 e. The summed E-state index contributed by atoms with van der Waals surface area (Å²) in [7, 11) is 1.57. The predicted octanol–water partition coefficient (Wildman–Crippen LogP) is 6.36. The molecule has 0 saturated carbocycles. The minimum atomic E-state index is -1.37. The Labute approximate surface area is 203 Å². The highest BCUT2D eigenvalue weighted by atomic mass is 32.1. The zero-order chi connectivity index (χ0) is 24.5.